The summed E-state index contributed by atoms with van der Waals surface area (Å²) in [6.45, 7) is 6.42. The van der Waals surface area contributed by atoms with Crippen LogP contribution in [0.4, 0.5) is 0 Å². The van der Waals surface area contributed by atoms with E-state index in [1.54, 1.807) is 0 Å². The summed E-state index contributed by atoms with van der Waals surface area (Å²) >= 11 is 0. The maximum absolute atomic E-state index is 12.2. The van der Waals surface area contributed by atoms with Gasteiger partial charge < -0.3 is 15.8 Å². The van der Waals surface area contributed by atoms with E-state index in [0.29, 0.717) is 6.54 Å². The molecule has 3 N–H and O–H groups in total. The van der Waals surface area contributed by atoms with Crippen LogP contribution in [0.25, 0.3) is 0 Å². The highest BCUT2D eigenvalue weighted by atomic mass is 16.5. The van der Waals surface area contributed by atoms with Crippen LogP contribution in [0.15, 0.2) is 48.5 Å². The molecule has 4 nitrogen and oxygen atoms in total. The SMILES string of the molecule is Cc1ccc(C(N)C(=O)NCc2ccc(OC(C)C)cc2)cc1. The van der Waals surface area contributed by atoms with E-state index in [-0.39, 0.29) is 12.0 Å². The highest BCUT2D eigenvalue weighted by Gasteiger charge is 2.15. The van der Waals surface area contributed by atoms with Gasteiger partial charge in [0.25, 0.3) is 0 Å². The van der Waals surface area contributed by atoms with Crippen molar-refractivity contribution in [2.45, 2.75) is 39.5 Å². The van der Waals surface area contributed by atoms with Crippen molar-refractivity contribution in [3.8, 4) is 5.75 Å². The van der Waals surface area contributed by atoms with Crippen molar-refractivity contribution in [1.82, 2.24) is 5.32 Å². The van der Waals surface area contributed by atoms with Crippen molar-refractivity contribution in [3.63, 3.8) is 0 Å². The summed E-state index contributed by atoms with van der Waals surface area (Å²) in [7, 11) is 0. The number of aryl methyl sites for hydroxylation is 1. The summed E-state index contributed by atoms with van der Waals surface area (Å²) in [6.07, 6.45) is 0.146. The van der Waals surface area contributed by atoms with Crippen LogP contribution in [-0.4, -0.2) is 12.0 Å². The van der Waals surface area contributed by atoms with E-state index < -0.39 is 6.04 Å². The Morgan fingerprint density at radius 2 is 1.70 bits per heavy atom. The van der Waals surface area contributed by atoms with Crippen LogP contribution in [0.1, 0.15) is 36.6 Å². The van der Waals surface area contributed by atoms with Crippen molar-refractivity contribution in [3.05, 3.63) is 65.2 Å². The third kappa shape index (κ3) is 5.11. The summed E-state index contributed by atoms with van der Waals surface area (Å²) in [5.41, 5.74) is 8.96. The van der Waals surface area contributed by atoms with Gasteiger partial charge in [-0.3, -0.25) is 4.79 Å². The number of rotatable bonds is 6. The average Bonchev–Trinajstić information content (AvgIpc) is 2.53. The van der Waals surface area contributed by atoms with E-state index in [1.165, 1.54) is 0 Å². The summed E-state index contributed by atoms with van der Waals surface area (Å²) in [5, 5.41) is 2.87. The lowest BCUT2D eigenvalue weighted by Crippen LogP contribution is -2.33. The molecular formula is C19H24N2O2. The second-order valence-corrected chi connectivity index (χ2v) is 5.92. The second-order valence-electron chi connectivity index (χ2n) is 5.92. The van der Waals surface area contributed by atoms with E-state index in [2.05, 4.69) is 5.32 Å². The Kier molecular flexibility index (Phi) is 5.77. The Labute approximate surface area is 137 Å². The monoisotopic (exact) mass is 312 g/mol. The fraction of sp³-hybridized carbons (Fsp3) is 0.316. The molecule has 2 aromatic carbocycles. The Morgan fingerprint density at radius 1 is 1.09 bits per heavy atom. The molecule has 1 amide bonds. The van der Waals surface area contributed by atoms with Crippen LogP contribution >= 0.6 is 0 Å². The minimum absolute atomic E-state index is 0.146. The van der Waals surface area contributed by atoms with Gasteiger partial charge in [0.2, 0.25) is 5.91 Å². The zero-order valence-electron chi connectivity index (χ0n) is 13.9. The lowest BCUT2D eigenvalue weighted by atomic mass is 10.1. The summed E-state index contributed by atoms with van der Waals surface area (Å²) in [5.74, 6) is 0.641. The number of carbonyl (C=O) groups is 1. The van der Waals surface area contributed by atoms with Gasteiger partial charge in [0.05, 0.1) is 6.10 Å². The number of nitrogens with one attached hydrogen (secondary N) is 1. The quantitative estimate of drug-likeness (QED) is 0.861. The van der Waals surface area contributed by atoms with Gasteiger partial charge in [-0.15, -0.1) is 0 Å². The van der Waals surface area contributed by atoms with Crippen molar-refractivity contribution < 1.29 is 9.53 Å². The van der Waals surface area contributed by atoms with Crippen molar-refractivity contribution in [1.29, 1.82) is 0 Å². The standard InChI is InChI=1S/C19H24N2O2/c1-13(2)23-17-10-6-15(7-11-17)12-21-19(22)18(20)16-8-4-14(3)5-9-16/h4-11,13,18H,12,20H2,1-3H3,(H,21,22). The predicted molar refractivity (Wildman–Crippen MR) is 92.2 cm³/mol. The van der Waals surface area contributed by atoms with E-state index in [9.17, 15) is 4.79 Å². The first-order chi connectivity index (χ1) is 11.0. The molecule has 23 heavy (non-hydrogen) atoms. The average molecular weight is 312 g/mol. The summed E-state index contributed by atoms with van der Waals surface area (Å²) in [6, 6.07) is 14.7. The summed E-state index contributed by atoms with van der Waals surface area (Å²) < 4.78 is 5.59. The number of benzene rings is 2. The zero-order chi connectivity index (χ0) is 16.8. The molecule has 4 heteroatoms. The van der Waals surface area contributed by atoms with E-state index in [0.717, 1.165) is 22.4 Å². The third-order valence-corrected chi connectivity index (χ3v) is 3.48. The third-order valence-electron chi connectivity index (χ3n) is 3.48. The molecule has 1 atom stereocenters. The van der Waals surface area contributed by atoms with Crippen LogP contribution in [0.2, 0.25) is 0 Å². The fourth-order valence-electron chi connectivity index (χ4n) is 2.18. The molecule has 0 spiro atoms. The zero-order valence-corrected chi connectivity index (χ0v) is 13.9. The Hall–Kier alpha value is -2.33. The number of ether oxygens (including phenoxy) is 1. The molecule has 0 aliphatic heterocycles. The normalized spacial score (nSPS) is 12.0. The number of amides is 1. The predicted octanol–water partition coefficient (Wildman–Crippen LogP) is 3.10. The maximum Gasteiger partial charge on any atom is 0.241 e. The first kappa shape index (κ1) is 17.0. The molecule has 0 saturated carbocycles. The smallest absolute Gasteiger partial charge is 0.241 e. The molecule has 122 valence electrons. The molecule has 0 fully saturated rings. The molecule has 2 aromatic rings. The molecule has 0 heterocycles. The van der Waals surface area contributed by atoms with Crippen LogP contribution in [0.3, 0.4) is 0 Å². The van der Waals surface area contributed by atoms with Gasteiger partial charge >= 0.3 is 0 Å². The first-order valence-electron chi connectivity index (χ1n) is 7.81. The van der Waals surface area contributed by atoms with Crippen molar-refractivity contribution >= 4 is 5.91 Å². The number of nitrogens with two attached hydrogens (primary N) is 1. The topological polar surface area (TPSA) is 64.4 Å². The molecule has 0 aliphatic rings. The van der Waals surface area contributed by atoms with Crippen LogP contribution < -0.4 is 15.8 Å². The lowest BCUT2D eigenvalue weighted by molar-refractivity contribution is -0.122. The molecule has 0 aromatic heterocycles. The van der Waals surface area contributed by atoms with Gasteiger partial charge in [-0.1, -0.05) is 42.0 Å². The number of hydrogen-bond acceptors (Lipinski definition) is 3. The molecule has 0 aliphatic carbocycles. The minimum atomic E-state index is -0.654. The van der Waals surface area contributed by atoms with Gasteiger partial charge in [0, 0.05) is 6.54 Å². The van der Waals surface area contributed by atoms with Crippen LogP contribution in [-0.2, 0) is 11.3 Å². The Balaban J connectivity index is 1.89. The summed E-state index contributed by atoms with van der Waals surface area (Å²) in [4.78, 5) is 12.2. The Morgan fingerprint density at radius 3 is 2.26 bits per heavy atom. The second kappa shape index (κ2) is 7.79. The van der Waals surface area contributed by atoms with Gasteiger partial charge in [-0.05, 0) is 44.0 Å². The van der Waals surface area contributed by atoms with E-state index in [1.807, 2.05) is 69.3 Å². The molecule has 1 unspecified atom stereocenters. The van der Waals surface area contributed by atoms with E-state index >= 15 is 0 Å². The molecule has 0 bridgehead atoms. The number of carbonyl (C=O) groups excluding carboxylic acids is 1. The molecule has 2 rings (SSSR count). The van der Waals surface area contributed by atoms with Gasteiger partial charge in [0.15, 0.2) is 0 Å². The lowest BCUT2D eigenvalue weighted by Gasteiger charge is -2.13. The first-order valence-corrected chi connectivity index (χ1v) is 7.81. The molecular weight excluding hydrogens is 288 g/mol. The molecule has 0 radical (unpaired) electrons. The highest BCUT2D eigenvalue weighted by Crippen LogP contribution is 2.15. The fourth-order valence-corrected chi connectivity index (χ4v) is 2.18. The van der Waals surface area contributed by atoms with Crippen LogP contribution in [0, 0.1) is 6.92 Å². The van der Waals surface area contributed by atoms with Gasteiger partial charge in [0.1, 0.15) is 11.8 Å². The maximum atomic E-state index is 12.2. The minimum Gasteiger partial charge on any atom is -0.491 e. The van der Waals surface area contributed by atoms with E-state index in [4.69, 9.17) is 10.5 Å². The Bertz CT molecular complexity index is 633. The highest BCUT2D eigenvalue weighted by molar-refractivity contribution is 5.82. The van der Waals surface area contributed by atoms with Crippen molar-refractivity contribution in [2.24, 2.45) is 5.73 Å². The van der Waals surface area contributed by atoms with Crippen molar-refractivity contribution in [2.75, 3.05) is 0 Å². The number of hydrogen-bond donors (Lipinski definition) is 2. The van der Waals surface area contributed by atoms with Crippen LogP contribution in [0.5, 0.6) is 5.75 Å². The molecule has 0 saturated heterocycles. The van der Waals surface area contributed by atoms with Gasteiger partial charge in [-0.2, -0.15) is 0 Å². The van der Waals surface area contributed by atoms with Gasteiger partial charge in [-0.25, -0.2) is 0 Å². The largest absolute Gasteiger partial charge is 0.491 e.